The summed E-state index contributed by atoms with van der Waals surface area (Å²) < 4.78 is 11.2. The van der Waals surface area contributed by atoms with Gasteiger partial charge in [0.2, 0.25) is 5.88 Å². The molecule has 2 unspecified atom stereocenters. The van der Waals surface area contributed by atoms with Gasteiger partial charge in [0.25, 0.3) is 0 Å². The number of nitrogens with zero attached hydrogens (tertiary/aromatic N) is 2. The van der Waals surface area contributed by atoms with E-state index in [2.05, 4.69) is 40.4 Å². The maximum atomic E-state index is 5.97. The van der Waals surface area contributed by atoms with Gasteiger partial charge in [0, 0.05) is 37.3 Å². The van der Waals surface area contributed by atoms with E-state index in [4.69, 9.17) is 9.47 Å². The van der Waals surface area contributed by atoms with Crippen molar-refractivity contribution >= 4 is 0 Å². The number of fused-ring (bicyclic) bond motifs is 1. The highest BCUT2D eigenvalue weighted by Gasteiger charge is 2.23. The number of hydrogen-bond acceptors (Lipinski definition) is 5. The molecule has 2 aliphatic rings. The molecule has 2 aromatic rings. The van der Waals surface area contributed by atoms with Crippen LogP contribution in [0.5, 0.6) is 11.6 Å². The highest BCUT2D eigenvalue weighted by molar-refractivity contribution is 5.42. The molecule has 1 aromatic heterocycles. The van der Waals surface area contributed by atoms with Crippen molar-refractivity contribution in [2.45, 2.75) is 37.8 Å². The van der Waals surface area contributed by atoms with Crippen molar-refractivity contribution in [1.29, 1.82) is 0 Å². The molecule has 27 heavy (non-hydrogen) atoms. The van der Waals surface area contributed by atoms with Crippen molar-refractivity contribution in [3.8, 4) is 11.6 Å². The summed E-state index contributed by atoms with van der Waals surface area (Å²) in [7, 11) is 3.91. The van der Waals surface area contributed by atoms with Gasteiger partial charge in [-0.2, -0.15) is 0 Å². The SMILES string of the molecule is COc1ccc(C2CNCc3cc(OCCC4CCCN4C)ncc32)cc1. The summed E-state index contributed by atoms with van der Waals surface area (Å²) in [5, 5.41) is 3.53. The quantitative estimate of drug-likeness (QED) is 0.850. The molecule has 0 radical (unpaired) electrons. The Morgan fingerprint density at radius 1 is 1.26 bits per heavy atom. The van der Waals surface area contributed by atoms with Crippen LogP contribution in [0.4, 0.5) is 0 Å². The summed E-state index contributed by atoms with van der Waals surface area (Å²) in [6, 6.07) is 11.1. The van der Waals surface area contributed by atoms with E-state index < -0.39 is 0 Å². The third-order valence-corrected chi connectivity index (χ3v) is 5.93. The summed E-state index contributed by atoms with van der Waals surface area (Å²) in [5.74, 6) is 1.94. The van der Waals surface area contributed by atoms with Crippen molar-refractivity contribution in [1.82, 2.24) is 15.2 Å². The van der Waals surface area contributed by atoms with E-state index in [1.54, 1.807) is 7.11 Å². The molecule has 0 saturated carbocycles. The van der Waals surface area contributed by atoms with Gasteiger partial charge < -0.3 is 19.7 Å². The molecule has 5 heteroatoms. The Hall–Kier alpha value is -2.11. The van der Waals surface area contributed by atoms with Gasteiger partial charge in [-0.3, -0.25) is 0 Å². The molecular formula is C22H29N3O2. The van der Waals surface area contributed by atoms with Crippen molar-refractivity contribution in [2.24, 2.45) is 0 Å². The Morgan fingerprint density at radius 3 is 2.85 bits per heavy atom. The lowest BCUT2D eigenvalue weighted by Gasteiger charge is -2.27. The third-order valence-electron chi connectivity index (χ3n) is 5.93. The molecule has 0 spiro atoms. The van der Waals surface area contributed by atoms with Gasteiger partial charge in [-0.25, -0.2) is 4.98 Å². The summed E-state index contributed by atoms with van der Waals surface area (Å²) >= 11 is 0. The second-order valence-corrected chi connectivity index (χ2v) is 7.59. The maximum Gasteiger partial charge on any atom is 0.213 e. The topological polar surface area (TPSA) is 46.6 Å². The molecule has 1 N–H and O–H groups in total. The minimum Gasteiger partial charge on any atom is -0.497 e. The minimum absolute atomic E-state index is 0.313. The predicted molar refractivity (Wildman–Crippen MR) is 107 cm³/mol. The third kappa shape index (κ3) is 4.09. The Kier molecular flexibility index (Phi) is 5.60. The number of aromatic nitrogens is 1. The fraction of sp³-hybridized carbons (Fsp3) is 0.500. The van der Waals surface area contributed by atoms with Crippen LogP contribution in [-0.2, 0) is 6.54 Å². The molecule has 0 amide bonds. The fourth-order valence-electron chi connectivity index (χ4n) is 4.27. The van der Waals surface area contributed by atoms with E-state index in [0.29, 0.717) is 12.0 Å². The number of pyridine rings is 1. The summed E-state index contributed by atoms with van der Waals surface area (Å²) in [6.07, 6.45) is 5.66. The van der Waals surface area contributed by atoms with Gasteiger partial charge in [-0.1, -0.05) is 12.1 Å². The average Bonchev–Trinajstić information content (AvgIpc) is 3.12. The zero-order chi connectivity index (χ0) is 18.6. The summed E-state index contributed by atoms with van der Waals surface area (Å²) in [4.78, 5) is 7.03. The molecule has 2 atom stereocenters. The van der Waals surface area contributed by atoms with Crippen molar-refractivity contribution in [3.05, 3.63) is 53.2 Å². The Bertz CT molecular complexity index is 763. The summed E-state index contributed by atoms with van der Waals surface area (Å²) in [6.45, 7) is 3.73. The largest absolute Gasteiger partial charge is 0.497 e. The van der Waals surface area contributed by atoms with E-state index in [1.807, 2.05) is 18.3 Å². The first-order valence-corrected chi connectivity index (χ1v) is 9.91. The Morgan fingerprint density at radius 2 is 2.11 bits per heavy atom. The van der Waals surface area contributed by atoms with Crippen LogP contribution < -0.4 is 14.8 Å². The maximum absolute atomic E-state index is 5.97. The van der Waals surface area contributed by atoms with Crippen LogP contribution in [0.3, 0.4) is 0 Å². The molecule has 2 aliphatic heterocycles. The van der Waals surface area contributed by atoms with E-state index in [1.165, 1.54) is 36.1 Å². The lowest BCUT2D eigenvalue weighted by atomic mass is 9.87. The molecular weight excluding hydrogens is 338 g/mol. The molecule has 144 valence electrons. The Labute approximate surface area is 161 Å². The molecule has 5 nitrogen and oxygen atoms in total. The van der Waals surface area contributed by atoms with E-state index in [-0.39, 0.29) is 0 Å². The first-order valence-electron chi connectivity index (χ1n) is 9.91. The van der Waals surface area contributed by atoms with Crippen LogP contribution in [0.15, 0.2) is 36.5 Å². The molecule has 1 aromatic carbocycles. The van der Waals surface area contributed by atoms with Gasteiger partial charge in [-0.05, 0) is 61.7 Å². The normalized spacial score (nSPS) is 22.4. The molecule has 1 fully saturated rings. The van der Waals surface area contributed by atoms with Crippen LogP contribution in [0.25, 0.3) is 0 Å². The molecule has 4 rings (SSSR count). The van der Waals surface area contributed by atoms with E-state index in [0.717, 1.165) is 37.7 Å². The summed E-state index contributed by atoms with van der Waals surface area (Å²) in [5.41, 5.74) is 3.86. The first-order chi connectivity index (χ1) is 13.2. The lowest BCUT2D eigenvalue weighted by molar-refractivity contribution is 0.228. The zero-order valence-electron chi connectivity index (χ0n) is 16.3. The molecule has 3 heterocycles. The highest BCUT2D eigenvalue weighted by atomic mass is 16.5. The van der Waals surface area contributed by atoms with Crippen LogP contribution in [0.1, 0.15) is 41.9 Å². The molecule has 1 saturated heterocycles. The van der Waals surface area contributed by atoms with Crippen LogP contribution >= 0.6 is 0 Å². The standard InChI is InChI=1S/C22H29N3O2/c1-25-10-3-4-18(25)9-11-27-22-12-17-13-23-14-20(21(17)15-24-22)16-5-7-19(26-2)8-6-16/h5-8,12,15,18,20,23H,3-4,9-11,13-14H2,1-2H3. The minimum atomic E-state index is 0.313. The smallest absolute Gasteiger partial charge is 0.213 e. The molecule has 0 bridgehead atoms. The Balaban J connectivity index is 1.43. The van der Waals surface area contributed by atoms with E-state index >= 15 is 0 Å². The monoisotopic (exact) mass is 367 g/mol. The predicted octanol–water partition coefficient (Wildman–Crippen LogP) is 3.19. The van der Waals surface area contributed by atoms with Crippen molar-refractivity contribution < 1.29 is 9.47 Å². The van der Waals surface area contributed by atoms with Crippen LogP contribution in [0, 0.1) is 0 Å². The van der Waals surface area contributed by atoms with E-state index in [9.17, 15) is 0 Å². The zero-order valence-corrected chi connectivity index (χ0v) is 16.3. The van der Waals surface area contributed by atoms with Crippen molar-refractivity contribution in [3.63, 3.8) is 0 Å². The van der Waals surface area contributed by atoms with Gasteiger partial charge >= 0.3 is 0 Å². The molecule has 0 aliphatic carbocycles. The fourth-order valence-corrected chi connectivity index (χ4v) is 4.27. The van der Waals surface area contributed by atoms with Crippen LogP contribution in [-0.4, -0.2) is 49.8 Å². The highest BCUT2D eigenvalue weighted by Crippen LogP contribution is 2.32. The average molecular weight is 367 g/mol. The second kappa shape index (κ2) is 8.28. The number of methoxy groups -OCH3 is 1. The lowest BCUT2D eigenvalue weighted by Crippen LogP contribution is -2.29. The van der Waals surface area contributed by atoms with Crippen LogP contribution in [0.2, 0.25) is 0 Å². The van der Waals surface area contributed by atoms with Gasteiger partial charge in [-0.15, -0.1) is 0 Å². The number of likely N-dealkylation sites (tertiary alicyclic amines) is 1. The van der Waals surface area contributed by atoms with Gasteiger partial charge in [0.05, 0.1) is 13.7 Å². The van der Waals surface area contributed by atoms with Gasteiger partial charge in [0.15, 0.2) is 0 Å². The second-order valence-electron chi connectivity index (χ2n) is 7.59. The number of hydrogen-bond donors (Lipinski definition) is 1. The number of benzene rings is 1. The first kappa shape index (κ1) is 18.3. The number of nitrogens with one attached hydrogen (secondary N) is 1. The number of rotatable bonds is 6. The number of ether oxygens (including phenoxy) is 2. The van der Waals surface area contributed by atoms with Gasteiger partial charge in [0.1, 0.15) is 5.75 Å². The van der Waals surface area contributed by atoms with Crippen molar-refractivity contribution in [2.75, 3.05) is 33.9 Å².